The predicted molar refractivity (Wildman–Crippen MR) is 125 cm³/mol. The first-order valence-electron chi connectivity index (χ1n) is 11.2. The summed E-state index contributed by atoms with van der Waals surface area (Å²) in [5.74, 6) is -0.312. The first kappa shape index (κ1) is 22.2. The number of ether oxygens (including phenoxy) is 1. The molecule has 7 nitrogen and oxygen atoms in total. The van der Waals surface area contributed by atoms with Crippen molar-refractivity contribution in [2.75, 3.05) is 37.9 Å². The van der Waals surface area contributed by atoms with Crippen molar-refractivity contribution in [3.8, 4) is 0 Å². The molecule has 2 heterocycles. The third kappa shape index (κ3) is 5.06. The number of carbonyl (C=O) groups excluding carboxylic acids is 2. The zero-order valence-electron chi connectivity index (χ0n) is 18.7. The number of nitrogens with one attached hydrogen (secondary N) is 1. The Hall–Kier alpha value is -3.03. The van der Waals surface area contributed by atoms with Gasteiger partial charge in [-0.05, 0) is 36.6 Å². The Balaban J connectivity index is 1.50. The molecular weight excluding hydrogens is 404 g/mol. The van der Waals surface area contributed by atoms with Crippen LogP contribution in [0.3, 0.4) is 0 Å². The first-order valence-corrected chi connectivity index (χ1v) is 11.2. The van der Waals surface area contributed by atoms with E-state index in [1.807, 2.05) is 50.2 Å². The van der Waals surface area contributed by atoms with Crippen LogP contribution in [-0.4, -0.2) is 55.3 Å². The second-order valence-corrected chi connectivity index (χ2v) is 8.33. The predicted octanol–water partition coefficient (Wildman–Crippen LogP) is 2.98. The third-order valence-corrected chi connectivity index (χ3v) is 6.01. The van der Waals surface area contributed by atoms with Crippen molar-refractivity contribution in [2.45, 2.75) is 32.7 Å². The summed E-state index contributed by atoms with van der Waals surface area (Å²) in [7, 11) is 0. The normalized spacial score (nSPS) is 18.2. The lowest BCUT2D eigenvalue weighted by Crippen LogP contribution is -2.46. The van der Waals surface area contributed by atoms with Gasteiger partial charge in [-0.3, -0.25) is 14.5 Å². The topological polar surface area (TPSA) is 74.2 Å². The number of benzene rings is 2. The van der Waals surface area contributed by atoms with Crippen molar-refractivity contribution < 1.29 is 14.3 Å². The van der Waals surface area contributed by atoms with Gasteiger partial charge in [0.25, 0.3) is 5.91 Å². The number of hydrogen-bond acceptors (Lipinski definition) is 5. The summed E-state index contributed by atoms with van der Waals surface area (Å²) in [5, 5.41) is 8.91. The van der Waals surface area contributed by atoms with Crippen LogP contribution in [0, 0.1) is 13.8 Å². The van der Waals surface area contributed by atoms with Gasteiger partial charge in [-0.2, -0.15) is 5.10 Å². The van der Waals surface area contributed by atoms with Crippen LogP contribution in [0.25, 0.3) is 0 Å². The Morgan fingerprint density at radius 1 is 1.09 bits per heavy atom. The Morgan fingerprint density at radius 2 is 1.84 bits per heavy atom. The van der Waals surface area contributed by atoms with E-state index in [1.165, 1.54) is 5.01 Å². The van der Waals surface area contributed by atoms with E-state index in [-0.39, 0.29) is 24.3 Å². The molecule has 0 bridgehead atoms. The van der Waals surface area contributed by atoms with Gasteiger partial charge in [0.15, 0.2) is 0 Å². The van der Waals surface area contributed by atoms with Crippen LogP contribution in [0.15, 0.2) is 53.6 Å². The Bertz CT molecular complexity index is 1000. The highest BCUT2D eigenvalue weighted by atomic mass is 16.5. The van der Waals surface area contributed by atoms with Gasteiger partial charge >= 0.3 is 0 Å². The number of rotatable bonds is 6. The van der Waals surface area contributed by atoms with Crippen LogP contribution in [0.4, 0.5) is 5.69 Å². The monoisotopic (exact) mass is 434 g/mol. The van der Waals surface area contributed by atoms with Crippen molar-refractivity contribution in [1.29, 1.82) is 0 Å². The average Bonchev–Trinajstić information content (AvgIpc) is 2.82. The zero-order valence-corrected chi connectivity index (χ0v) is 18.7. The Morgan fingerprint density at radius 3 is 2.59 bits per heavy atom. The fourth-order valence-corrected chi connectivity index (χ4v) is 4.17. The molecule has 1 saturated heterocycles. The molecule has 0 aliphatic carbocycles. The quantitative estimate of drug-likeness (QED) is 0.759. The molecule has 0 saturated carbocycles. The van der Waals surface area contributed by atoms with Gasteiger partial charge in [0.1, 0.15) is 5.71 Å². The zero-order chi connectivity index (χ0) is 22.5. The summed E-state index contributed by atoms with van der Waals surface area (Å²) in [4.78, 5) is 27.9. The smallest absolute Gasteiger partial charge is 0.267 e. The summed E-state index contributed by atoms with van der Waals surface area (Å²) in [6, 6.07) is 16.2. The maximum absolute atomic E-state index is 13.0. The molecule has 0 spiro atoms. The minimum absolute atomic E-state index is 0.0602. The van der Waals surface area contributed by atoms with E-state index in [2.05, 4.69) is 27.5 Å². The van der Waals surface area contributed by atoms with Gasteiger partial charge in [-0.25, -0.2) is 5.01 Å². The number of aryl methyl sites for hydroxylation is 2. The molecule has 32 heavy (non-hydrogen) atoms. The van der Waals surface area contributed by atoms with E-state index in [0.29, 0.717) is 31.9 Å². The highest BCUT2D eigenvalue weighted by molar-refractivity contribution is 6.40. The molecular formula is C25H30N4O3. The fourth-order valence-electron chi connectivity index (χ4n) is 4.17. The largest absolute Gasteiger partial charge is 0.379 e. The molecule has 7 heteroatoms. The van der Waals surface area contributed by atoms with Gasteiger partial charge in [-0.15, -0.1) is 0 Å². The number of nitrogens with zero attached hydrogens (tertiary/aromatic N) is 3. The molecule has 2 aliphatic heterocycles. The van der Waals surface area contributed by atoms with Crippen molar-refractivity contribution in [2.24, 2.45) is 5.10 Å². The minimum atomic E-state index is -0.220. The molecule has 4 rings (SSSR count). The lowest BCUT2D eigenvalue weighted by atomic mass is 10.0. The molecule has 2 aromatic carbocycles. The summed E-state index contributed by atoms with van der Waals surface area (Å²) in [6.45, 7) is 7.42. The molecule has 1 atom stereocenters. The van der Waals surface area contributed by atoms with Crippen molar-refractivity contribution in [3.63, 3.8) is 0 Å². The maximum atomic E-state index is 13.0. The molecule has 168 valence electrons. The molecule has 1 fully saturated rings. The van der Waals surface area contributed by atoms with Crippen LogP contribution >= 0.6 is 0 Å². The van der Waals surface area contributed by atoms with Gasteiger partial charge in [0, 0.05) is 32.5 Å². The fraction of sp³-hybridized carbons (Fsp3) is 0.400. The number of carbonyl (C=O) groups is 2. The van der Waals surface area contributed by atoms with Crippen LogP contribution in [0.2, 0.25) is 0 Å². The summed E-state index contributed by atoms with van der Waals surface area (Å²) >= 11 is 0. The second-order valence-electron chi connectivity index (χ2n) is 8.33. The second kappa shape index (κ2) is 10.1. The van der Waals surface area contributed by atoms with E-state index in [0.717, 1.165) is 35.5 Å². The SMILES string of the molecule is Cc1ccc(C)c(N2N=C(C(=O)NCC(c3ccccc3)N3CCOCC3)CCC2=O)c1. The number of hydrazone groups is 1. The molecule has 2 aliphatic rings. The van der Waals surface area contributed by atoms with Crippen molar-refractivity contribution >= 4 is 23.2 Å². The Labute approximate surface area is 189 Å². The number of morpholine rings is 1. The van der Waals surface area contributed by atoms with Crippen molar-refractivity contribution in [3.05, 3.63) is 65.2 Å². The molecule has 2 amide bonds. The summed E-state index contributed by atoms with van der Waals surface area (Å²) in [6.07, 6.45) is 0.616. The lowest BCUT2D eigenvalue weighted by Gasteiger charge is -2.35. The Kier molecular flexibility index (Phi) is 6.97. The number of anilines is 1. The first-order chi connectivity index (χ1) is 15.5. The highest BCUT2D eigenvalue weighted by Gasteiger charge is 2.28. The average molecular weight is 435 g/mol. The van der Waals surface area contributed by atoms with E-state index < -0.39 is 0 Å². The van der Waals surface area contributed by atoms with Gasteiger partial charge in [-0.1, -0.05) is 42.5 Å². The van der Waals surface area contributed by atoms with Gasteiger partial charge < -0.3 is 10.1 Å². The van der Waals surface area contributed by atoms with E-state index in [9.17, 15) is 9.59 Å². The van der Waals surface area contributed by atoms with E-state index in [1.54, 1.807) is 0 Å². The van der Waals surface area contributed by atoms with E-state index in [4.69, 9.17) is 4.74 Å². The standard InChI is InChI=1S/C25H30N4O3/c1-18-8-9-19(2)22(16-18)29-24(30)11-10-21(27-29)25(31)26-17-23(20-6-4-3-5-7-20)28-12-14-32-15-13-28/h3-9,16,23H,10-15,17H2,1-2H3,(H,26,31). The minimum Gasteiger partial charge on any atom is -0.379 e. The number of hydrogen-bond donors (Lipinski definition) is 1. The molecule has 2 aromatic rings. The number of amides is 2. The van der Waals surface area contributed by atoms with Crippen LogP contribution in [0.1, 0.15) is 35.6 Å². The molecule has 0 radical (unpaired) electrons. The third-order valence-electron chi connectivity index (χ3n) is 6.01. The lowest BCUT2D eigenvalue weighted by molar-refractivity contribution is -0.119. The maximum Gasteiger partial charge on any atom is 0.267 e. The van der Waals surface area contributed by atoms with E-state index >= 15 is 0 Å². The molecule has 0 aromatic heterocycles. The van der Waals surface area contributed by atoms with Crippen molar-refractivity contribution in [1.82, 2.24) is 10.2 Å². The van der Waals surface area contributed by atoms with Crippen LogP contribution < -0.4 is 10.3 Å². The van der Waals surface area contributed by atoms with Crippen LogP contribution in [0.5, 0.6) is 0 Å². The van der Waals surface area contributed by atoms with Crippen LogP contribution in [-0.2, 0) is 14.3 Å². The van der Waals surface area contributed by atoms with Gasteiger partial charge in [0.05, 0.1) is 24.9 Å². The molecule has 1 N–H and O–H groups in total. The highest BCUT2D eigenvalue weighted by Crippen LogP contribution is 2.26. The molecule has 1 unspecified atom stereocenters. The summed E-state index contributed by atoms with van der Waals surface area (Å²) in [5.41, 5.74) is 4.27. The summed E-state index contributed by atoms with van der Waals surface area (Å²) < 4.78 is 5.50. The van der Waals surface area contributed by atoms with Gasteiger partial charge in [0.2, 0.25) is 5.91 Å².